The van der Waals surface area contributed by atoms with Gasteiger partial charge in [-0.15, -0.1) is 0 Å². The lowest BCUT2D eigenvalue weighted by Gasteiger charge is -2.27. The molecule has 2 aromatic rings. The average Bonchev–Trinajstić information content (AvgIpc) is 3.00. The molecule has 118 valence electrons. The van der Waals surface area contributed by atoms with E-state index in [1.807, 2.05) is 0 Å². The highest BCUT2D eigenvalue weighted by molar-refractivity contribution is 6.31. The second-order valence-electron chi connectivity index (χ2n) is 5.05. The zero-order chi connectivity index (χ0) is 16.4. The summed E-state index contributed by atoms with van der Waals surface area (Å²) in [7, 11) is 0. The van der Waals surface area contributed by atoms with Crippen LogP contribution in [0.1, 0.15) is 18.7 Å². The summed E-state index contributed by atoms with van der Waals surface area (Å²) in [6, 6.07) is 9.20. The molecule has 3 N–H and O–H groups in total. The van der Waals surface area contributed by atoms with Gasteiger partial charge in [0.1, 0.15) is 11.8 Å². The molecule has 0 radical (unpaired) electrons. The minimum Gasteiger partial charge on any atom is -0.467 e. The Labute approximate surface area is 137 Å². The molecule has 1 atom stereocenters. The van der Waals surface area contributed by atoms with Crippen molar-refractivity contribution in [2.75, 3.05) is 5.32 Å². The van der Waals surface area contributed by atoms with Gasteiger partial charge in [-0.1, -0.05) is 17.7 Å². The van der Waals surface area contributed by atoms with Crippen LogP contribution in [-0.2, 0) is 4.79 Å². The van der Waals surface area contributed by atoms with Crippen LogP contribution in [0.2, 0.25) is 5.02 Å². The third kappa shape index (κ3) is 3.22. The standard InChI is InChI=1S/C16H14ClN3O3/c1-9-13(15(21)19-11-5-2-4-10(17)8-11)14(20-16(22)18-9)12-6-3-7-23-12/h2-8,14H,1H3,(H,19,21)(H2,18,20,22). The number of allylic oxidation sites excluding steroid dienone is 1. The predicted octanol–water partition coefficient (Wildman–Crippen LogP) is 3.20. The molecular formula is C16H14ClN3O3. The van der Waals surface area contributed by atoms with E-state index < -0.39 is 6.04 Å². The summed E-state index contributed by atoms with van der Waals surface area (Å²) < 4.78 is 5.34. The summed E-state index contributed by atoms with van der Waals surface area (Å²) in [4.78, 5) is 24.4. The topological polar surface area (TPSA) is 83.4 Å². The fourth-order valence-electron chi connectivity index (χ4n) is 2.43. The molecule has 3 amide bonds. The molecule has 7 heteroatoms. The second kappa shape index (κ2) is 6.18. The van der Waals surface area contributed by atoms with Gasteiger partial charge in [0.05, 0.1) is 11.8 Å². The monoisotopic (exact) mass is 331 g/mol. The summed E-state index contributed by atoms with van der Waals surface area (Å²) in [6.45, 7) is 1.67. The number of carbonyl (C=O) groups is 2. The second-order valence-corrected chi connectivity index (χ2v) is 5.49. The van der Waals surface area contributed by atoms with Gasteiger partial charge in [0.2, 0.25) is 0 Å². The van der Waals surface area contributed by atoms with Crippen LogP contribution in [0.4, 0.5) is 10.5 Å². The van der Waals surface area contributed by atoms with Gasteiger partial charge in [-0.25, -0.2) is 4.79 Å². The van der Waals surface area contributed by atoms with E-state index in [1.165, 1.54) is 6.26 Å². The smallest absolute Gasteiger partial charge is 0.319 e. The van der Waals surface area contributed by atoms with Crippen LogP contribution in [0.3, 0.4) is 0 Å². The van der Waals surface area contributed by atoms with Crippen LogP contribution in [0.5, 0.6) is 0 Å². The SMILES string of the molecule is CC1=C(C(=O)Nc2cccc(Cl)c2)C(c2ccco2)NC(=O)N1. The highest BCUT2D eigenvalue weighted by atomic mass is 35.5. The van der Waals surface area contributed by atoms with Gasteiger partial charge >= 0.3 is 6.03 Å². The van der Waals surface area contributed by atoms with Crippen molar-refractivity contribution in [1.29, 1.82) is 0 Å². The predicted molar refractivity (Wildman–Crippen MR) is 85.9 cm³/mol. The van der Waals surface area contributed by atoms with Crippen LogP contribution in [0.25, 0.3) is 0 Å². The minimum atomic E-state index is -0.655. The van der Waals surface area contributed by atoms with Gasteiger partial charge in [-0.2, -0.15) is 0 Å². The molecule has 0 saturated carbocycles. The minimum absolute atomic E-state index is 0.348. The summed E-state index contributed by atoms with van der Waals surface area (Å²) in [5.41, 5.74) is 1.41. The van der Waals surface area contributed by atoms with Gasteiger partial charge in [-0.3, -0.25) is 4.79 Å². The quantitative estimate of drug-likeness (QED) is 0.807. The third-order valence-electron chi connectivity index (χ3n) is 3.42. The Balaban J connectivity index is 1.92. The zero-order valence-corrected chi connectivity index (χ0v) is 13.0. The number of hydrogen-bond donors (Lipinski definition) is 3. The molecule has 0 saturated heterocycles. The number of furan rings is 1. The Morgan fingerprint density at radius 3 is 2.83 bits per heavy atom. The fraction of sp³-hybridized carbons (Fsp3) is 0.125. The summed E-state index contributed by atoms with van der Waals surface area (Å²) >= 11 is 5.92. The molecule has 0 spiro atoms. The molecule has 1 aliphatic heterocycles. The van der Waals surface area contributed by atoms with E-state index in [4.69, 9.17) is 16.0 Å². The highest BCUT2D eigenvalue weighted by Gasteiger charge is 2.32. The lowest BCUT2D eigenvalue weighted by molar-refractivity contribution is -0.113. The first-order valence-corrected chi connectivity index (χ1v) is 7.31. The molecule has 1 unspecified atom stereocenters. The van der Waals surface area contributed by atoms with Crippen LogP contribution in [0.15, 0.2) is 58.3 Å². The Hall–Kier alpha value is -2.73. The molecule has 2 heterocycles. The van der Waals surface area contributed by atoms with Crippen molar-refractivity contribution in [2.45, 2.75) is 13.0 Å². The Kier molecular flexibility index (Phi) is 4.08. The molecule has 23 heavy (non-hydrogen) atoms. The first-order chi connectivity index (χ1) is 11.0. The van der Waals surface area contributed by atoms with Crippen LogP contribution in [-0.4, -0.2) is 11.9 Å². The van der Waals surface area contributed by atoms with Crippen molar-refractivity contribution in [3.05, 3.63) is 64.7 Å². The van der Waals surface area contributed by atoms with Crippen molar-refractivity contribution in [3.63, 3.8) is 0 Å². The Bertz CT molecular complexity index is 784. The Morgan fingerprint density at radius 2 is 2.13 bits per heavy atom. The molecule has 0 bridgehead atoms. The van der Waals surface area contributed by atoms with Gasteiger partial charge in [-0.05, 0) is 37.3 Å². The van der Waals surface area contributed by atoms with Crippen molar-refractivity contribution in [1.82, 2.24) is 10.6 Å². The third-order valence-corrected chi connectivity index (χ3v) is 3.66. The zero-order valence-electron chi connectivity index (χ0n) is 12.2. The lowest BCUT2D eigenvalue weighted by atomic mass is 10.00. The number of benzene rings is 1. The van der Waals surface area contributed by atoms with Gasteiger partial charge in [0.25, 0.3) is 5.91 Å². The molecule has 1 aliphatic rings. The van der Waals surface area contributed by atoms with E-state index in [-0.39, 0.29) is 11.9 Å². The van der Waals surface area contributed by atoms with E-state index in [0.717, 1.165) is 0 Å². The fourth-order valence-corrected chi connectivity index (χ4v) is 2.62. The van der Waals surface area contributed by atoms with Gasteiger partial charge in [0, 0.05) is 16.4 Å². The average molecular weight is 332 g/mol. The number of amides is 3. The van der Waals surface area contributed by atoms with Crippen molar-refractivity contribution >= 4 is 29.2 Å². The molecule has 0 fully saturated rings. The van der Waals surface area contributed by atoms with E-state index in [9.17, 15) is 9.59 Å². The van der Waals surface area contributed by atoms with Crippen LogP contribution < -0.4 is 16.0 Å². The van der Waals surface area contributed by atoms with Crippen molar-refractivity contribution < 1.29 is 14.0 Å². The normalized spacial score (nSPS) is 17.5. The van der Waals surface area contributed by atoms with E-state index >= 15 is 0 Å². The van der Waals surface area contributed by atoms with Crippen LogP contribution in [0, 0.1) is 0 Å². The summed E-state index contributed by atoms with van der Waals surface area (Å²) in [6.07, 6.45) is 1.49. The number of carbonyl (C=O) groups excluding carboxylic acids is 2. The number of anilines is 1. The number of nitrogens with one attached hydrogen (secondary N) is 3. The maximum Gasteiger partial charge on any atom is 0.319 e. The molecule has 1 aromatic heterocycles. The van der Waals surface area contributed by atoms with Gasteiger partial charge in [0.15, 0.2) is 0 Å². The molecule has 0 aliphatic carbocycles. The lowest BCUT2D eigenvalue weighted by Crippen LogP contribution is -2.45. The summed E-state index contributed by atoms with van der Waals surface area (Å²) in [5.74, 6) is 0.133. The van der Waals surface area contributed by atoms with E-state index in [1.54, 1.807) is 43.3 Å². The first kappa shape index (κ1) is 15.2. The number of rotatable bonds is 3. The number of hydrogen-bond acceptors (Lipinski definition) is 3. The number of halogens is 1. The maximum absolute atomic E-state index is 12.7. The first-order valence-electron chi connectivity index (χ1n) is 6.93. The molecule has 6 nitrogen and oxygen atoms in total. The molecule has 1 aromatic carbocycles. The molecule has 3 rings (SSSR count). The van der Waals surface area contributed by atoms with Crippen molar-refractivity contribution in [2.24, 2.45) is 0 Å². The summed E-state index contributed by atoms with van der Waals surface area (Å²) in [5, 5.41) is 8.58. The Morgan fingerprint density at radius 1 is 1.30 bits per heavy atom. The van der Waals surface area contributed by atoms with E-state index in [0.29, 0.717) is 27.7 Å². The largest absolute Gasteiger partial charge is 0.467 e. The van der Waals surface area contributed by atoms with Crippen molar-refractivity contribution in [3.8, 4) is 0 Å². The van der Waals surface area contributed by atoms with E-state index in [2.05, 4.69) is 16.0 Å². The maximum atomic E-state index is 12.7. The highest BCUT2D eigenvalue weighted by Crippen LogP contribution is 2.28. The molecular weight excluding hydrogens is 318 g/mol. The van der Waals surface area contributed by atoms with Crippen LogP contribution >= 0.6 is 11.6 Å². The number of urea groups is 1. The van der Waals surface area contributed by atoms with Gasteiger partial charge < -0.3 is 20.4 Å².